The first kappa shape index (κ1) is 27.4. The second-order valence-corrected chi connectivity index (χ2v) is 11.6. The summed E-state index contributed by atoms with van der Waals surface area (Å²) in [5.74, 6) is -2.31. The number of nitrogens with zero attached hydrogens (tertiary/aromatic N) is 2. The Morgan fingerprint density at radius 3 is 2.42 bits per heavy atom. The van der Waals surface area contributed by atoms with E-state index in [9.17, 15) is 14.4 Å². The molecule has 1 spiro atoms. The van der Waals surface area contributed by atoms with Crippen LogP contribution in [-0.4, -0.2) is 77.5 Å². The van der Waals surface area contributed by atoms with E-state index in [1.54, 1.807) is 23.1 Å². The third-order valence-corrected chi connectivity index (χ3v) is 8.99. The molecule has 2 bridgehead atoms. The molecule has 2 N–H and O–H groups in total. The summed E-state index contributed by atoms with van der Waals surface area (Å²) in [5.41, 5.74) is -0.721. The second-order valence-electron chi connectivity index (χ2n) is 10.8. The molecular formula is C28H36Cl2N4O4. The number of hydrogen-bond acceptors (Lipinski definition) is 5. The zero-order valence-electron chi connectivity index (χ0n) is 21.9. The number of rotatable bonds is 9. The van der Waals surface area contributed by atoms with Crippen LogP contribution in [-0.2, 0) is 19.1 Å². The Hall–Kier alpha value is -2.13. The molecule has 1 aromatic rings. The number of carbonyl (C=O) groups is 3. The van der Waals surface area contributed by atoms with E-state index in [2.05, 4.69) is 29.4 Å². The predicted molar refractivity (Wildman–Crippen MR) is 147 cm³/mol. The van der Waals surface area contributed by atoms with E-state index in [0.717, 1.165) is 38.8 Å². The molecule has 10 heteroatoms. The van der Waals surface area contributed by atoms with E-state index in [1.165, 1.54) is 6.42 Å². The van der Waals surface area contributed by atoms with Crippen LogP contribution in [0.5, 0.6) is 0 Å². The van der Waals surface area contributed by atoms with Crippen LogP contribution < -0.4 is 10.6 Å². The lowest BCUT2D eigenvalue weighted by Crippen LogP contribution is -2.57. The molecular weight excluding hydrogens is 527 g/mol. The molecule has 3 fully saturated rings. The summed E-state index contributed by atoms with van der Waals surface area (Å²) in [6, 6.07) is 4.08. The van der Waals surface area contributed by atoms with Gasteiger partial charge < -0.3 is 25.2 Å². The quantitative estimate of drug-likeness (QED) is 0.446. The maximum atomic E-state index is 14.0. The second kappa shape index (κ2) is 11.2. The predicted octanol–water partition coefficient (Wildman–Crippen LogP) is 3.87. The van der Waals surface area contributed by atoms with E-state index in [0.29, 0.717) is 28.8 Å². The van der Waals surface area contributed by atoms with Crippen molar-refractivity contribution in [2.24, 2.45) is 11.8 Å². The van der Waals surface area contributed by atoms with Gasteiger partial charge in [0.25, 0.3) is 0 Å². The first-order chi connectivity index (χ1) is 18.3. The molecule has 5 rings (SSSR count). The van der Waals surface area contributed by atoms with Gasteiger partial charge in [-0.25, -0.2) is 0 Å². The highest BCUT2D eigenvalue weighted by molar-refractivity contribution is 6.35. The van der Waals surface area contributed by atoms with Gasteiger partial charge in [0, 0.05) is 34.9 Å². The van der Waals surface area contributed by atoms with Crippen molar-refractivity contribution >= 4 is 46.6 Å². The summed E-state index contributed by atoms with van der Waals surface area (Å²) in [7, 11) is 0. The number of likely N-dealkylation sites (tertiary alicyclic amines) is 1. The van der Waals surface area contributed by atoms with Crippen LogP contribution in [0.3, 0.4) is 0 Å². The average molecular weight is 564 g/mol. The van der Waals surface area contributed by atoms with Crippen molar-refractivity contribution in [1.82, 2.24) is 15.1 Å². The van der Waals surface area contributed by atoms with Crippen LogP contribution in [0.1, 0.15) is 46.0 Å². The minimum Gasteiger partial charge on any atom is -0.359 e. The first-order valence-electron chi connectivity index (χ1n) is 13.7. The Morgan fingerprint density at radius 1 is 1.08 bits per heavy atom. The van der Waals surface area contributed by atoms with Crippen LogP contribution in [0.15, 0.2) is 30.4 Å². The number of nitrogens with one attached hydrogen (secondary N) is 2. The monoisotopic (exact) mass is 562 g/mol. The number of halogens is 2. The van der Waals surface area contributed by atoms with Crippen LogP contribution in [0.4, 0.5) is 5.69 Å². The molecule has 4 aliphatic rings. The summed E-state index contributed by atoms with van der Waals surface area (Å²) >= 11 is 12.2. The van der Waals surface area contributed by atoms with Crippen molar-refractivity contribution in [2.75, 3.05) is 31.5 Å². The molecule has 206 valence electrons. The van der Waals surface area contributed by atoms with Crippen LogP contribution in [0.2, 0.25) is 10.0 Å². The minimum absolute atomic E-state index is 0.0979. The van der Waals surface area contributed by atoms with E-state index >= 15 is 0 Å². The van der Waals surface area contributed by atoms with Crippen molar-refractivity contribution < 1.29 is 19.1 Å². The molecule has 1 aliphatic carbocycles. The van der Waals surface area contributed by atoms with E-state index < -0.39 is 29.6 Å². The van der Waals surface area contributed by atoms with Crippen LogP contribution in [0, 0.1) is 11.8 Å². The Bertz CT molecular complexity index is 1100. The van der Waals surface area contributed by atoms with Gasteiger partial charge in [-0.3, -0.25) is 14.4 Å². The Morgan fingerprint density at radius 2 is 1.76 bits per heavy atom. The summed E-state index contributed by atoms with van der Waals surface area (Å²) < 4.78 is 6.42. The lowest BCUT2D eigenvalue weighted by molar-refractivity contribution is -0.141. The lowest BCUT2D eigenvalue weighted by Gasteiger charge is -2.34. The van der Waals surface area contributed by atoms with Gasteiger partial charge in [-0.15, -0.1) is 0 Å². The summed E-state index contributed by atoms with van der Waals surface area (Å²) in [5, 5.41) is 6.89. The number of anilines is 1. The molecule has 1 saturated carbocycles. The Kier molecular flexibility index (Phi) is 8.06. The lowest BCUT2D eigenvalue weighted by atomic mass is 9.74. The fourth-order valence-electron chi connectivity index (χ4n) is 6.68. The SMILES string of the molecule is CCN(CC)CCN1C(=O)[C@@H]2[C@@H](C(=O)Nc3cc(Cl)cc(Cl)c3)[C@@H]3C=C[C@@]2(O3)[C@@H]1C(=O)NC1CCCCC1. The largest absolute Gasteiger partial charge is 0.359 e. The number of carbonyl (C=O) groups excluding carboxylic acids is 3. The van der Waals surface area contributed by atoms with E-state index in [1.807, 2.05) is 12.2 Å². The summed E-state index contributed by atoms with van der Waals surface area (Å²) in [6.07, 6.45) is 8.32. The Labute approximate surface area is 234 Å². The third kappa shape index (κ3) is 4.96. The highest BCUT2D eigenvalue weighted by atomic mass is 35.5. The molecule has 38 heavy (non-hydrogen) atoms. The third-order valence-electron chi connectivity index (χ3n) is 8.56. The molecule has 2 saturated heterocycles. The molecule has 1 aromatic carbocycles. The maximum absolute atomic E-state index is 14.0. The zero-order chi connectivity index (χ0) is 27.0. The van der Waals surface area contributed by atoms with Gasteiger partial charge in [0.2, 0.25) is 17.7 Å². The summed E-state index contributed by atoms with van der Waals surface area (Å²) in [4.78, 5) is 45.3. The number of benzene rings is 1. The molecule has 5 atom stereocenters. The van der Waals surface area contributed by atoms with Crippen molar-refractivity contribution in [1.29, 1.82) is 0 Å². The van der Waals surface area contributed by atoms with Gasteiger partial charge in [0.15, 0.2) is 0 Å². The number of fused-ring (bicyclic) bond motifs is 1. The van der Waals surface area contributed by atoms with Gasteiger partial charge >= 0.3 is 0 Å². The Balaban J connectivity index is 1.43. The number of amides is 3. The number of likely N-dealkylation sites (N-methyl/N-ethyl adjacent to an activating group) is 1. The maximum Gasteiger partial charge on any atom is 0.246 e. The molecule has 0 unspecified atom stereocenters. The minimum atomic E-state index is -1.17. The van der Waals surface area contributed by atoms with E-state index in [-0.39, 0.29) is 23.8 Å². The molecule has 0 radical (unpaired) electrons. The van der Waals surface area contributed by atoms with Crippen molar-refractivity contribution in [3.05, 3.63) is 40.4 Å². The normalized spacial score (nSPS) is 30.2. The van der Waals surface area contributed by atoms with Crippen molar-refractivity contribution in [3.63, 3.8) is 0 Å². The molecule has 3 aliphatic heterocycles. The highest BCUT2D eigenvalue weighted by Crippen LogP contribution is 2.55. The van der Waals surface area contributed by atoms with Crippen LogP contribution in [0.25, 0.3) is 0 Å². The summed E-state index contributed by atoms with van der Waals surface area (Å²) in [6.45, 7) is 6.87. The fourth-order valence-corrected chi connectivity index (χ4v) is 7.20. The van der Waals surface area contributed by atoms with Gasteiger partial charge in [0.1, 0.15) is 11.6 Å². The fraction of sp³-hybridized carbons (Fsp3) is 0.607. The van der Waals surface area contributed by atoms with Gasteiger partial charge in [-0.1, -0.05) is 68.5 Å². The zero-order valence-corrected chi connectivity index (χ0v) is 23.4. The van der Waals surface area contributed by atoms with Gasteiger partial charge in [-0.2, -0.15) is 0 Å². The molecule has 8 nitrogen and oxygen atoms in total. The smallest absolute Gasteiger partial charge is 0.246 e. The van der Waals surface area contributed by atoms with Gasteiger partial charge in [-0.05, 0) is 44.1 Å². The van der Waals surface area contributed by atoms with Crippen molar-refractivity contribution in [3.8, 4) is 0 Å². The van der Waals surface area contributed by atoms with Crippen LogP contribution >= 0.6 is 23.2 Å². The molecule has 3 heterocycles. The van der Waals surface area contributed by atoms with Gasteiger partial charge in [0.05, 0.1) is 17.9 Å². The first-order valence-corrected chi connectivity index (χ1v) is 14.5. The standard InChI is InChI=1S/C28H36Cl2N4O4/c1-3-33(4-2)12-13-34-24(26(36)31-19-8-6-5-7-9-19)28-11-10-21(38-28)22(23(28)27(34)37)25(35)32-20-15-17(29)14-18(30)16-20/h10-11,14-16,19,21-24H,3-9,12-13H2,1-2H3,(H,31,36)(H,32,35)/t21-,22-,23-,24-,28-/m0/s1. The van der Waals surface area contributed by atoms with Crippen molar-refractivity contribution in [2.45, 2.75) is 69.7 Å². The average Bonchev–Trinajstić information content (AvgIpc) is 3.52. The number of hydrogen-bond donors (Lipinski definition) is 2. The topological polar surface area (TPSA) is 91.0 Å². The van der Waals surface area contributed by atoms with E-state index in [4.69, 9.17) is 27.9 Å². The molecule has 0 aromatic heterocycles. The number of ether oxygens (including phenoxy) is 1. The highest BCUT2D eigenvalue weighted by Gasteiger charge is 2.72. The molecule has 3 amide bonds.